The number of carbonyl (C=O) groups excluding carboxylic acids is 1. The molecule has 1 aromatic heterocycles. The number of carbonyl (C=O) groups is 1. The van der Waals surface area contributed by atoms with Gasteiger partial charge in [0.2, 0.25) is 10.0 Å². The first-order valence-corrected chi connectivity index (χ1v) is 10.4. The van der Waals surface area contributed by atoms with E-state index < -0.39 is 28.3 Å². The van der Waals surface area contributed by atoms with E-state index in [0.717, 1.165) is 4.68 Å². The van der Waals surface area contributed by atoms with Crippen molar-refractivity contribution in [1.29, 1.82) is 0 Å². The minimum absolute atomic E-state index is 0.00156. The Kier molecular flexibility index (Phi) is 6.04. The molecule has 0 amide bonds. The number of sulfonamides is 1. The zero-order valence-electron chi connectivity index (χ0n) is 16.0. The fourth-order valence-electron chi connectivity index (χ4n) is 2.81. The highest BCUT2D eigenvalue weighted by Crippen LogP contribution is 2.17. The van der Waals surface area contributed by atoms with E-state index in [9.17, 15) is 18.0 Å². The predicted molar refractivity (Wildman–Crippen MR) is 106 cm³/mol. The quantitative estimate of drug-likeness (QED) is 0.538. The third kappa shape index (κ3) is 4.17. The van der Waals surface area contributed by atoms with Gasteiger partial charge in [-0.1, -0.05) is 37.3 Å². The largest absolute Gasteiger partial charge is 0.439 e. The van der Waals surface area contributed by atoms with Crippen LogP contribution in [0.4, 0.5) is 0 Å². The number of ether oxygens (including phenoxy) is 1. The van der Waals surface area contributed by atoms with Gasteiger partial charge in [0.15, 0.2) is 6.73 Å². The summed E-state index contributed by atoms with van der Waals surface area (Å²) in [4.78, 5) is 24.8. The van der Waals surface area contributed by atoms with Crippen LogP contribution >= 0.6 is 0 Å². The smallest absolute Gasteiger partial charge is 0.339 e. The first kappa shape index (κ1) is 20.6. The van der Waals surface area contributed by atoms with Crippen molar-refractivity contribution >= 4 is 26.9 Å². The lowest BCUT2D eigenvalue weighted by Crippen LogP contribution is -2.30. The zero-order valence-corrected chi connectivity index (χ0v) is 16.8. The molecule has 3 aromatic rings. The van der Waals surface area contributed by atoms with E-state index in [0.29, 0.717) is 24.0 Å². The van der Waals surface area contributed by atoms with Gasteiger partial charge in [0.05, 0.1) is 15.8 Å². The van der Waals surface area contributed by atoms with Crippen molar-refractivity contribution in [3.63, 3.8) is 0 Å². The summed E-state index contributed by atoms with van der Waals surface area (Å²) in [5, 5.41) is 8.02. The van der Waals surface area contributed by atoms with Crippen LogP contribution in [0.2, 0.25) is 0 Å². The van der Waals surface area contributed by atoms with Gasteiger partial charge in [-0.3, -0.25) is 4.79 Å². The Morgan fingerprint density at radius 2 is 1.83 bits per heavy atom. The summed E-state index contributed by atoms with van der Waals surface area (Å²) in [5.74, 6) is -0.775. The van der Waals surface area contributed by atoms with Crippen LogP contribution in [0.1, 0.15) is 24.2 Å². The summed E-state index contributed by atoms with van der Waals surface area (Å²) in [6, 6.07) is 12.3. The lowest BCUT2D eigenvalue weighted by atomic mass is 10.2. The number of hydrogen-bond acceptors (Lipinski definition) is 7. The van der Waals surface area contributed by atoms with Crippen LogP contribution in [-0.2, 0) is 21.5 Å². The average molecular weight is 416 g/mol. The van der Waals surface area contributed by atoms with Crippen LogP contribution in [0.5, 0.6) is 0 Å². The van der Waals surface area contributed by atoms with Crippen molar-refractivity contribution in [3.8, 4) is 0 Å². The monoisotopic (exact) mass is 416 g/mol. The molecule has 9 nitrogen and oxygen atoms in total. The Hall–Kier alpha value is -3.11. The Labute approximate surface area is 167 Å². The van der Waals surface area contributed by atoms with Gasteiger partial charge in [0.25, 0.3) is 5.56 Å². The molecule has 0 N–H and O–H groups in total. The van der Waals surface area contributed by atoms with E-state index in [2.05, 4.69) is 10.3 Å². The summed E-state index contributed by atoms with van der Waals surface area (Å²) < 4.78 is 32.6. The second kappa shape index (κ2) is 8.50. The topological polar surface area (TPSA) is 111 Å². The van der Waals surface area contributed by atoms with Gasteiger partial charge in [-0.2, -0.15) is 8.99 Å². The molecule has 2 aromatic carbocycles. The van der Waals surface area contributed by atoms with Gasteiger partial charge in [0.1, 0.15) is 5.52 Å². The first-order chi connectivity index (χ1) is 13.9. The van der Waals surface area contributed by atoms with Crippen LogP contribution in [0.25, 0.3) is 10.9 Å². The van der Waals surface area contributed by atoms with Crippen LogP contribution < -0.4 is 5.56 Å². The molecular weight excluding hydrogens is 396 g/mol. The molecule has 10 heteroatoms. The molecule has 0 spiro atoms. The molecule has 152 valence electrons. The van der Waals surface area contributed by atoms with Crippen LogP contribution in [0.3, 0.4) is 0 Å². The van der Waals surface area contributed by atoms with Crippen molar-refractivity contribution in [2.45, 2.75) is 25.5 Å². The van der Waals surface area contributed by atoms with Crippen molar-refractivity contribution in [2.75, 3.05) is 13.1 Å². The summed E-state index contributed by atoms with van der Waals surface area (Å²) in [6.07, 6.45) is 0. The SMILES string of the molecule is CCN(CC)S(=O)(=O)c1cccc(C(=O)OCn2nnc3ccccc3c2=O)c1. The van der Waals surface area contributed by atoms with E-state index >= 15 is 0 Å². The maximum Gasteiger partial charge on any atom is 0.339 e. The van der Waals surface area contributed by atoms with Gasteiger partial charge in [-0.15, -0.1) is 5.10 Å². The number of aromatic nitrogens is 3. The molecule has 0 radical (unpaired) electrons. The fraction of sp³-hybridized carbons (Fsp3) is 0.263. The summed E-state index contributed by atoms with van der Waals surface area (Å²) in [7, 11) is -3.71. The third-order valence-electron chi connectivity index (χ3n) is 4.36. The maximum atomic E-state index is 12.6. The Morgan fingerprint density at radius 1 is 1.10 bits per heavy atom. The predicted octanol–water partition coefficient (Wildman–Crippen LogP) is 1.64. The first-order valence-electron chi connectivity index (χ1n) is 8.98. The van der Waals surface area contributed by atoms with Gasteiger partial charge >= 0.3 is 5.97 Å². The number of rotatable bonds is 7. The van der Waals surface area contributed by atoms with Crippen molar-refractivity contribution in [1.82, 2.24) is 19.3 Å². The minimum atomic E-state index is -3.71. The second-order valence-electron chi connectivity index (χ2n) is 6.09. The molecule has 0 fully saturated rings. The van der Waals surface area contributed by atoms with E-state index in [4.69, 9.17) is 4.74 Å². The molecule has 0 aliphatic heterocycles. The molecule has 0 saturated carbocycles. The number of nitrogens with zero attached hydrogens (tertiary/aromatic N) is 4. The average Bonchev–Trinajstić information content (AvgIpc) is 2.74. The van der Waals surface area contributed by atoms with Crippen LogP contribution in [-0.4, -0.2) is 46.8 Å². The van der Waals surface area contributed by atoms with Crippen LogP contribution in [0, 0.1) is 0 Å². The lowest BCUT2D eigenvalue weighted by Gasteiger charge is -2.18. The summed E-state index contributed by atoms with van der Waals surface area (Å²) in [5.41, 5.74) is 0.0516. The Morgan fingerprint density at radius 3 is 2.55 bits per heavy atom. The van der Waals surface area contributed by atoms with Crippen LogP contribution in [0.15, 0.2) is 58.2 Å². The van der Waals surface area contributed by atoms with E-state index in [1.54, 1.807) is 38.1 Å². The van der Waals surface area contributed by atoms with Gasteiger partial charge < -0.3 is 4.74 Å². The highest BCUT2D eigenvalue weighted by molar-refractivity contribution is 7.89. The molecule has 0 aliphatic rings. The third-order valence-corrected chi connectivity index (χ3v) is 6.41. The lowest BCUT2D eigenvalue weighted by molar-refractivity contribution is 0.0336. The van der Waals surface area contributed by atoms with Crippen molar-refractivity contribution in [2.24, 2.45) is 0 Å². The van der Waals surface area contributed by atoms with Crippen molar-refractivity contribution in [3.05, 3.63) is 64.4 Å². The van der Waals surface area contributed by atoms with Gasteiger partial charge in [-0.05, 0) is 30.3 Å². The maximum absolute atomic E-state index is 12.6. The summed E-state index contributed by atoms with van der Waals surface area (Å²) in [6.45, 7) is 3.67. The number of hydrogen-bond donors (Lipinski definition) is 0. The molecule has 0 saturated heterocycles. The number of fused-ring (bicyclic) bond motifs is 1. The van der Waals surface area contributed by atoms with Crippen molar-refractivity contribution < 1.29 is 17.9 Å². The number of esters is 1. The van der Waals surface area contributed by atoms with E-state index in [-0.39, 0.29) is 10.5 Å². The molecular formula is C19H20N4O5S. The normalized spacial score (nSPS) is 11.7. The summed E-state index contributed by atoms with van der Waals surface area (Å²) >= 11 is 0. The molecule has 0 atom stereocenters. The highest BCUT2D eigenvalue weighted by Gasteiger charge is 2.23. The molecule has 0 bridgehead atoms. The molecule has 29 heavy (non-hydrogen) atoms. The minimum Gasteiger partial charge on any atom is -0.439 e. The molecule has 3 rings (SSSR count). The molecule has 1 heterocycles. The standard InChI is InChI=1S/C19H20N4O5S/c1-3-22(4-2)29(26,27)15-9-7-8-14(12-15)19(25)28-13-23-18(24)16-10-5-6-11-17(16)20-21-23/h5-12H,3-4,13H2,1-2H3. The molecule has 0 unspecified atom stereocenters. The van der Waals surface area contributed by atoms with Gasteiger partial charge in [-0.25, -0.2) is 13.2 Å². The Balaban J connectivity index is 1.80. The zero-order chi connectivity index (χ0) is 21.0. The Bertz CT molecular complexity index is 1200. The number of benzene rings is 2. The fourth-order valence-corrected chi connectivity index (χ4v) is 4.31. The molecule has 0 aliphatic carbocycles. The van der Waals surface area contributed by atoms with E-state index in [1.165, 1.54) is 28.6 Å². The van der Waals surface area contributed by atoms with Gasteiger partial charge in [0, 0.05) is 13.1 Å². The second-order valence-corrected chi connectivity index (χ2v) is 8.03. The van der Waals surface area contributed by atoms with E-state index in [1.807, 2.05) is 0 Å². The highest BCUT2D eigenvalue weighted by atomic mass is 32.2.